The van der Waals surface area contributed by atoms with Crippen molar-refractivity contribution in [3.05, 3.63) is 29.8 Å². The van der Waals surface area contributed by atoms with Crippen LogP contribution in [0, 0.1) is 0 Å². The minimum atomic E-state index is -0.410. The van der Waals surface area contributed by atoms with Crippen LogP contribution in [0.2, 0.25) is 0 Å². The lowest BCUT2D eigenvalue weighted by Gasteiger charge is -2.27. The summed E-state index contributed by atoms with van der Waals surface area (Å²) < 4.78 is 0. The van der Waals surface area contributed by atoms with E-state index in [2.05, 4.69) is 19.2 Å². The molecule has 94 valence electrons. The molecule has 1 amide bonds. The van der Waals surface area contributed by atoms with Crippen molar-refractivity contribution in [3.8, 4) is 0 Å². The summed E-state index contributed by atoms with van der Waals surface area (Å²) in [6.45, 7) is 4.89. The molecule has 4 heteroatoms. The zero-order valence-electron chi connectivity index (χ0n) is 10.5. The van der Waals surface area contributed by atoms with E-state index >= 15 is 0 Å². The molecule has 1 aromatic carbocycles. The van der Waals surface area contributed by atoms with Crippen molar-refractivity contribution in [1.82, 2.24) is 0 Å². The summed E-state index contributed by atoms with van der Waals surface area (Å²) >= 11 is 0. The molecule has 0 aliphatic rings. The summed E-state index contributed by atoms with van der Waals surface area (Å²) in [5, 5.41) is 3.28. The van der Waals surface area contributed by atoms with Crippen LogP contribution in [0.1, 0.15) is 37.0 Å². The lowest BCUT2D eigenvalue weighted by atomic mass is 9.94. The summed E-state index contributed by atoms with van der Waals surface area (Å²) in [6, 6.07) is 7.10. The lowest BCUT2D eigenvalue weighted by molar-refractivity contribution is 0.100. The highest BCUT2D eigenvalue weighted by Gasteiger charge is 2.19. The molecule has 0 bridgehead atoms. The molecule has 0 saturated heterocycles. The second-order valence-corrected chi connectivity index (χ2v) is 4.36. The standard InChI is InChI=1S/C13H21N3O/c1-3-13(15,4-2)9-16-11-7-5-10(6-8-11)12(14)17/h5-8,16H,3-4,9,15H2,1-2H3,(H2,14,17). The summed E-state index contributed by atoms with van der Waals surface area (Å²) in [7, 11) is 0. The maximum absolute atomic E-state index is 10.9. The molecule has 0 saturated carbocycles. The Kier molecular flexibility index (Phi) is 4.52. The summed E-state index contributed by atoms with van der Waals surface area (Å²) in [5.74, 6) is -0.410. The van der Waals surface area contributed by atoms with Crippen molar-refractivity contribution < 1.29 is 4.79 Å². The van der Waals surface area contributed by atoms with Gasteiger partial charge in [0.05, 0.1) is 0 Å². The maximum Gasteiger partial charge on any atom is 0.248 e. The molecular weight excluding hydrogens is 214 g/mol. The molecule has 0 aliphatic carbocycles. The van der Waals surface area contributed by atoms with Gasteiger partial charge in [-0.1, -0.05) is 13.8 Å². The Hall–Kier alpha value is -1.55. The minimum Gasteiger partial charge on any atom is -0.383 e. The minimum absolute atomic E-state index is 0.178. The van der Waals surface area contributed by atoms with Crippen LogP contribution in [0.3, 0.4) is 0 Å². The third-order valence-electron chi connectivity index (χ3n) is 3.22. The fraction of sp³-hybridized carbons (Fsp3) is 0.462. The number of anilines is 1. The van der Waals surface area contributed by atoms with Crippen LogP contribution in [-0.2, 0) is 0 Å². The highest BCUT2D eigenvalue weighted by Crippen LogP contribution is 2.14. The molecular formula is C13H21N3O. The number of benzene rings is 1. The average molecular weight is 235 g/mol. The summed E-state index contributed by atoms with van der Waals surface area (Å²) in [6.07, 6.45) is 1.85. The van der Waals surface area contributed by atoms with Crippen molar-refractivity contribution in [1.29, 1.82) is 0 Å². The predicted molar refractivity (Wildman–Crippen MR) is 71.0 cm³/mol. The van der Waals surface area contributed by atoms with Gasteiger partial charge >= 0.3 is 0 Å². The summed E-state index contributed by atoms with van der Waals surface area (Å²) in [4.78, 5) is 10.9. The highest BCUT2D eigenvalue weighted by molar-refractivity contribution is 5.93. The quantitative estimate of drug-likeness (QED) is 0.702. The van der Waals surface area contributed by atoms with E-state index in [0.29, 0.717) is 5.56 Å². The van der Waals surface area contributed by atoms with Gasteiger partial charge in [-0.3, -0.25) is 4.79 Å². The van der Waals surface area contributed by atoms with Crippen LogP contribution in [-0.4, -0.2) is 18.0 Å². The Bertz CT molecular complexity index is 369. The predicted octanol–water partition coefficient (Wildman–Crippen LogP) is 1.71. The molecule has 0 radical (unpaired) electrons. The van der Waals surface area contributed by atoms with Crippen LogP contribution < -0.4 is 16.8 Å². The van der Waals surface area contributed by atoms with Crippen molar-refractivity contribution >= 4 is 11.6 Å². The van der Waals surface area contributed by atoms with E-state index in [-0.39, 0.29) is 5.54 Å². The van der Waals surface area contributed by atoms with Gasteiger partial charge in [-0.05, 0) is 37.1 Å². The largest absolute Gasteiger partial charge is 0.383 e. The highest BCUT2D eigenvalue weighted by atomic mass is 16.1. The first-order valence-corrected chi connectivity index (χ1v) is 5.93. The molecule has 0 atom stereocenters. The van der Waals surface area contributed by atoms with Gasteiger partial charge in [-0.15, -0.1) is 0 Å². The van der Waals surface area contributed by atoms with Crippen LogP contribution in [0.15, 0.2) is 24.3 Å². The zero-order valence-corrected chi connectivity index (χ0v) is 10.5. The van der Waals surface area contributed by atoms with E-state index in [0.717, 1.165) is 25.1 Å². The Morgan fingerprint density at radius 1 is 1.24 bits per heavy atom. The van der Waals surface area contributed by atoms with E-state index < -0.39 is 5.91 Å². The van der Waals surface area contributed by atoms with Crippen molar-refractivity contribution in [2.24, 2.45) is 11.5 Å². The first kappa shape index (κ1) is 13.5. The normalized spacial score (nSPS) is 11.2. The summed E-state index contributed by atoms with van der Waals surface area (Å²) in [5.41, 5.74) is 12.6. The number of carbonyl (C=O) groups excluding carboxylic acids is 1. The molecule has 5 N–H and O–H groups in total. The van der Waals surface area contributed by atoms with E-state index in [4.69, 9.17) is 11.5 Å². The first-order chi connectivity index (χ1) is 8.00. The molecule has 1 aromatic rings. The Morgan fingerprint density at radius 3 is 2.18 bits per heavy atom. The van der Waals surface area contributed by atoms with Gasteiger partial charge in [0.2, 0.25) is 5.91 Å². The lowest BCUT2D eigenvalue weighted by Crippen LogP contribution is -2.45. The molecule has 1 rings (SSSR count). The molecule has 0 aliphatic heterocycles. The Balaban J connectivity index is 2.61. The fourth-order valence-corrected chi connectivity index (χ4v) is 1.53. The van der Waals surface area contributed by atoms with Gasteiger partial charge in [-0.2, -0.15) is 0 Å². The number of amides is 1. The van der Waals surface area contributed by atoms with Gasteiger partial charge in [-0.25, -0.2) is 0 Å². The molecule has 0 aromatic heterocycles. The fourth-order valence-electron chi connectivity index (χ4n) is 1.53. The topological polar surface area (TPSA) is 81.1 Å². The van der Waals surface area contributed by atoms with Crippen LogP contribution in [0.5, 0.6) is 0 Å². The van der Waals surface area contributed by atoms with E-state index in [1.807, 2.05) is 12.1 Å². The monoisotopic (exact) mass is 235 g/mol. The van der Waals surface area contributed by atoms with Crippen molar-refractivity contribution in [3.63, 3.8) is 0 Å². The number of nitrogens with two attached hydrogens (primary N) is 2. The zero-order chi connectivity index (χ0) is 12.9. The van der Waals surface area contributed by atoms with Crippen molar-refractivity contribution in [2.45, 2.75) is 32.2 Å². The second kappa shape index (κ2) is 5.68. The van der Waals surface area contributed by atoms with E-state index in [1.165, 1.54) is 0 Å². The molecule has 17 heavy (non-hydrogen) atoms. The SMILES string of the molecule is CCC(N)(CC)CNc1ccc(C(N)=O)cc1. The molecule has 0 spiro atoms. The van der Waals surface area contributed by atoms with Gasteiger partial charge in [0, 0.05) is 23.3 Å². The van der Waals surface area contributed by atoms with Gasteiger partial charge in [0.15, 0.2) is 0 Å². The van der Waals surface area contributed by atoms with Gasteiger partial charge in [0.1, 0.15) is 0 Å². The number of rotatable bonds is 6. The average Bonchev–Trinajstić information content (AvgIpc) is 2.36. The Morgan fingerprint density at radius 2 is 1.76 bits per heavy atom. The van der Waals surface area contributed by atoms with E-state index in [1.54, 1.807) is 12.1 Å². The van der Waals surface area contributed by atoms with Crippen LogP contribution in [0.25, 0.3) is 0 Å². The van der Waals surface area contributed by atoms with Gasteiger partial charge in [0.25, 0.3) is 0 Å². The first-order valence-electron chi connectivity index (χ1n) is 5.93. The number of nitrogens with one attached hydrogen (secondary N) is 1. The number of hydrogen-bond donors (Lipinski definition) is 3. The molecule has 4 nitrogen and oxygen atoms in total. The van der Waals surface area contributed by atoms with Crippen LogP contribution in [0.4, 0.5) is 5.69 Å². The third kappa shape index (κ3) is 3.75. The van der Waals surface area contributed by atoms with E-state index in [9.17, 15) is 4.79 Å². The number of hydrogen-bond acceptors (Lipinski definition) is 3. The molecule has 0 unspecified atom stereocenters. The molecule has 0 fully saturated rings. The second-order valence-electron chi connectivity index (χ2n) is 4.36. The Labute approximate surface area is 102 Å². The number of primary amides is 1. The number of carbonyl (C=O) groups is 1. The molecule has 0 heterocycles. The van der Waals surface area contributed by atoms with Crippen molar-refractivity contribution in [2.75, 3.05) is 11.9 Å². The maximum atomic E-state index is 10.9. The third-order valence-corrected chi connectivity index (χ3v) is 3.22. The smallest absolute Gasteiger partial charge is 0.248 e. The van der Waals surface area contributed by atoms with Crippen LogP contribution >= 0.6 is 0 Å². The van der Waals surface area contributed by atoms with Gasteiger partial charge < -0.3 is 16.8 Å².